The molecule has 114 valence electrons. The number of anilines is 1. The number of allylic oxidation sites excluding steroid dienone is 1. The van der Waals surface area contributed by atoms with Gasteiger partial charge >= 0.3 is 0 Å². The van der Waals surface area contributed by atoms with Crippen LogP contribution in [-0.4, -0.2) is 6.54 Å². The van der Waals surface area contributed by atoms with E-state index in [0.717, 1.165) is 36.2 Å². The van der Waals surface area contributed by atoms with Crippen LogP contribution in [0.25, 0.3) is 0 Å². The Morgan fingerprint density at radius 1 is 1.29 bits per heavy atom. The van der Waals surface area contributed by atoms with Gasteiger partial charge in [-0.2, -0.15) is 0 Å². The lowest BCUT2D eigenvalue weighted by molar-refractivity contribution is 0.342. The van der Waals surface area contributed by atoms with E-state index in [2.05, 4.69) is 22.8 Å². The van der Waals surface area contributed by atoms with Crippen molar-refractivity contribution in [2.45, 2.75) is 45.6 Å². The smallest absolute Gasteiger partial charge is 0.150 e. The molecule has 21 heavy (non-hydrogen) atoms. The molecule has 3 rings (SSSR count). The molecule has 1 aliphatic carbocycles. The lowest BCUT2D eigenvalue weighted by Gasteiger charge is -2.23. The summed E-state index contributed by atoms with van der Waals surface area (Å²) in [7, 11) is 0. The van der Waals surface area contributed by atoms with Gasteiger partial charge in [-0.25, -0.2) is 0 Å². The Balaban J connectivity index is 1.54. The van der Waals surface area contributed by atoms with Crippen molar-refractivity contribution in [2.24, 2.45) is 11.7 Å². The predicted molar refractivity (Wildman–Crippen MR) is 85.9 cm³/mol. The average Bonchev–Trinajstić information content (AvgIpc) is 2.50. The number of nitrogens with one attached hydrogen (secondary N) is 2. The molecule has 1 aliphatic heterocycles. The summed E-state index contributed by atoms with van der Waals surface area (Å²) < 4.78 is 5.67. The van der Waals surface area contributed by atoms with E-state index < -0.39 is 0 Å². The van der Waals surface area contributed by atoms with Gasteiger partial charge in [0.2, 0.25) is 0 Å². The zero-order valence-corrected chi connectivity index (χ0v) is 12.7. The Morgan fingerprint density at radius 2 is 2.10 bits per heavy atom. The number of hydrogen-bond donors (Lipinski definition) is 3. The van der Waals surface area contributed by atoms with Crippen LogP contribution in [-0.2, 0) is 6.54 Å². The Morgan fingerprint density at radius 3 is 2.90 bits per heavy atom. The zero-order chi connectivity index (χ0) is 14.7. The molecule has 0 atom stereocenters. The Labute approximate surface area is 126 Å². The molecule has 4 heteroatoms. The molecule has 4 nitrogen and oxygen atoms in total. The summed E-state index contributed by atoms with van der Waals surface area (Å²) in [6.45, 7) is 3.89. The molecule has 1 aromatic rings. The summed E-state index contributed by atoms with van der Waals surface area (Å²) in [5, 5.41) is 6.78. The molecular formula is C17H25N3O. The van der Waals surface area contributed by atoms with E-state index >= 15 is 0 Å². The Hall–Kier alpha value is -1.68. The fourth-order valence-electron chi connectivity index (χ4n) is 3.14. The summed E-state index contributed by atoms with van der Waals surface area (Å²) in [5.74, 6) is 3.03. The van der Waals surface area contributed by atoms with Crippen molar-refractivity contribution in [3.05, 3.63) is 35.3 Å². The third-order valence-electron chi connectivity index (χ3n) is 4.44. The second kappa shape index (κ2) is 6.39. The molecule has 4 N–H and O–H groups in total. The van der Waals surface area contributed by atoms with E-state index in [0.29, 0.717) is 5.82 Å². The van der Waals surface area contributed by atoms with Crippen LogP contribution in [0.15, 0.2) is 29.8 Å². The second-order valence-corrected chi connectivity index (χ2v) is 6.16. The van der Waals surface area contributed by atoms with E-state index in [1.165, 1.54) is 37.7 Å². The average molecular weight is 287 g/mol. The molecule has 1 aromatic carbocycles. The molecule has 0 spiro atoms. The topological polar surface area (TPSA) is 59.3 Å². The molecule has 0 radical (unpaired) electrons. The predicted octanol–water partition coefficient (Wildman–Crippen LogP) is 3.31. The first-order chi connectivity index (χ1) is 10.2. The maximum Gasteiger partial charge on any atom is 0.150 e. The maximum absolute atomic E-state index is 5.87. The van der Waals surface area contributed by atoms with Crippen LogP contribution in [0.2, 0.25) is 0 Å². The van der Waals surface area contributed by atoms with Gasteiger partial charge < -0.3 is 21.1 Å². The van der Waals surface area contributed by atoms with E-state index in [1.54, 1.807) is 0 Å². The fraction of sp³-hybridized carbons (Fsp3) is 0.529. The number of fused-ring (bicyclic) bond motifs is 1. The van der Waals surface area contributed by atoms with Crippen LogP contribution in [0.1, 0.15) is 44.6 Å². The molecule has 2 aliphatic rings. The summed E-state index contributed by atoms with van der Waals surface area (Å²) >= 11 is 0. The molecule has 0 unspecified atom stereocenters. The minimum absolute atomic E-state index is 0.592. The monoisotopic (exact) mass is 287 g/mol. The fourth-order valence-corrected chi connectivity index (χ4v) is 3.14. The highest BCUT2D eigenvalue weighted by Gasteiger charge is 2.15. The Kier molecular flexibility index (Phi) is 4.34. The van der Waals surface area contributed by atoms with Crippen molar-refractivity contribution in [2.75, 3.05) is 11.9 Å². The highest BCUT2D eigenvalue weighted by atomic mass is 16.5. The first-order valence-corrected chi connectivity index (χ1v) is 7.97. The van der Waals surface area contributed by atoms with Crippen molar-refractivity contribution in [3.8, 4) is 5.75 Å². The molecule has 0 amide bonds. The van der Waals surface area contributed by atoms with E-state index in [4.69, 9.17) is 10.5 Å². The number of benzene rings is 1. The van der Waals surface area contributed by atoms with E-state index in [1.807, 2.05) is 13.0 Å². The zero-order valence-electron chi connectivity index (χ0n) is 12.7. The van der Waals surface area contributed by atoms with Gasteiger partial charge in [0, 0.05) is 6.54 Å². The van der Waals surface area contributed by atoms with Crippen LogP contribution in [0, 0.1) is 5.92 Å². The van der Waals surface area contributed by atoms with Crippen LogP contribution in [0.5, 0.6) is 5.75 Å². The van der Waals surface area contributed by atoms with Crippen molar-refractivity contribution in [3.63, 3.8) is 0 Å². The second-order valence-electron chi connectivity index (χ2n) is 6.16. The molecule has 0 saturated heterocycles. The minimum atomic E-state index is 0.592. The maximum atomic E-state index is 5.87. The van der Waals surface area contributed by atoms with Gasteiger partial charge in [0.25, 0.3) is 0 Å². The van der Waals surface area contributed by atoms with Gasteiger partial charge in [-0.15, -0.1) is 0 Å². The number of rotatable bonds is 4. The van der Waals surface area contributed by atoms with Crippen LogP contribution in [0.3, 0.4) is 0 Å². The van der Waals surface area contributed by atoms with Gasteiger partial charge in [0.05, 0.1) is 5.69 Å². The van der Waals surface area contributed by atoms with Crippen LogP contribution < -0.4 is 21.1 Å². The Bertz CT molecular complexity index is 533. The normalized spacial score (nSPS) is 18.9. The molecule has 1 fully saturated rings. The van der Waals surface area contributed by atoms with Gasteiger partial charge in [0.1, 0.15) is 11.6 Å². The van der Waals surface area contributed by atoms with Crippen molar-refractivity contribution in [1.82, 2.24) is 5.32 Å². The van der Waals surface area contributed by atoms with E-state index in [9.17, 15) is 0 Å². The third kappa shape index (κ3) is 3.50. The van der Waals surface area contributed by atoms with Crippen molar-refractivity contribution in [1.29, 1.82) is 0 Å². The number of nitrogens with two attached hydrogens (primary N) is 1. The summed E-state index contributed by atoms with van der Waals surface area (Å²) in [5.41, 5.74) is 8.08. The minimum Gasteiger partial charge on any atom is -0.456 e. The molecule has 0 bridgehead atoms. The molecule has 1 saturated carbocycles. The molecule has 1 heterocycles. The van der Waals surface area contributed by atoms with E-state index in [-0.39, 0.29) is 0 Å². The summed E-state index contributed by atoms with van der Waals surface area (Å²) in [6, 6.07) is 6.24. The largest absolute Gasteiger partial charge is 0.456 e. The summed E-state index contributed by atoms with van der Waals surface area (Å²) in [4.78, 5) is 0. The van der Waals surface area contributed by atoms with Crippen molar-refractivity contribution >= 4 is 5.69 Å². The van der Waals surface area contributed by atoms with Crippen LogP contribution >= 0.6 is 0 Å². The summed E-state index contributed by atoms with van der Waals surface area (Å²) in [6.07, 6.45) is 6.98. The number of ether oxygens (including phenoxy) is 1. The SMILES string of the molecule is CC1=C(N)Nc2cc(CNCC3CCCCC3)ccc2O1. The van der Waals surface area contributed by atoms with Gasteiger partial charge in [-0.05, 0) is 49.9 Å². The quantitative estimate of drug-likeness (QED) is 0.795. The van der Waals surface area contributed by atoms with Crippen LogP contribution in [0.4, 0.5) is 5.69 Å². The standard InChI is InChI=1S/C17H25N3O/c1-12-17(18)20-15-9-14(7-8-16(15)21-12)11-19-10-13-5-3-2-4-6-13/h7-9,13,19-20H,2-6,10-11,18H2,1H3. The first kappa shape index (κ1) is 14.3. The first-order valence-electron chi connectivity index (χ1n) is 7.97. The molecule has 0 aromatic heterocycles. The lowest BCUT2D eigenvalue weighted by Crippen LogP contribution is -2.24. The van der Waals surface area contributed by atoms with Crippen molar-refractivity contribution < 1.29 is 4.74 Å². The number of hydrogen-bond acceptors (Lipinski definition) is 4. The van der Waals surface area contributed by atoms with Gasteiger partial charge in [-0.3, -0.25) is 0 Å². The van der Waals surface area contributed by atoms with Gasteiger partial charge in [-0.1, -0.05) is 25.3 Å². The highest BCUT2D eigenvalue weighted by molar-refractivity contribution is 5.63. The molecular weight excluding hydrogens is 262 g/mol. The van der Waals surface area contributed by atoms with Gasteiger partial charge in [0.15, 0.2) is 5.75 Å². The lowest BCUT2D eigenvalue weighted by atomic mass is 9.89. The highest BCUT2D eigenvalue weighted by Crippen LogP contribution is 2.32. The third-order valence-corrected chi connectivity index (χ3v) is 4.44.